The summed E-state index contributed by atoms with van der Waals surface area (Å²) in [5.41, 5.74) is 1.38. The van der Waals surface area contributed by atoms with Crippen LogP contribution >= 0.6 is 50.1 Å². The van der Waals surface area contributed by atoms with Gasteiger partial charge < -0.3 is 9.84 Å². The van der Waals surface area contributed by atoms with E-state index in [9.17, 15) is 5.11 Å². The highest BCUT2D eigenvalue weighted by atomic mass is 127. The largest absolute Gasteiger partial charge is 0.383 e. The maximum absolute atomic E-state index is 10.6. The van der Waals surface area contributed by atoms with Crippen LogP contribution in [-0.2, 0) is 11.3 Å². The Hall–Kier alpha value is -0.150. The van der Waals surface area contributed by atoms with Crippen LogP contribution in [0.4, 0.5) is 0 Å². The van der Waals surface area contributed by atoms with Crippen molar-refractivity contribution in [2.75, 3.05) is 13.7 Å². The molecule has 0 saturated heterocycles. The van der Waals surface area contributed by atoms with Gasteiger partial charge in [-0.15, -0.1) is 0 Å². The summed E-state index contributed by atoms with van der Waals surface area (Å²) in [6, 6.07) is 5.76. The van der Waals surface area contributed by atoms with Gasteiger partial charge in [0.1, 0.15) is 6.10 Å². The smallest absolute Gasteiger partial charge is 0.123 e. The highest BCUT2D eigenvalue weighted by Gasteiger charge is 2.22. The molecule has 2 aromatic rings. The fraction of sp³-hybridized carbons (Fsp3) is 0.308. The van der Waals surface area contributed by atoms with Crippen LogP contribution in [0, 0.1) is 3.57 Å². The van der Waals surface area contributed by atoms with Crippen molar-refractivity contribution in [2.24, 2.45) is 0 Å². The monoisotopic (exact) mass is 470 g/mol. The molecule has 1 aromatic heterocycles. The van der Waals surface area contributed by atoms with Gasteiger partial charge in [0, 0.05) is 20.7 Å². The zero-order valence-corrected chi connectivity index (χ0v) is 15.2. The van der Waals surface area contributed by atoms with Crippen LogP contribution in [0.15, 0.2) is 28.9 Å². The van der Waals surface area contributed by atoms with E-state index in [0.29, 0.717) is 23.9 Å². The van der Waals surface area contributed by atoms with Crippen molar-refractivity contribution in [1.82, 2.24) is 9.78 Å². The molecule has 108 valence electrons. The standard InChI is InChI=1S/C13H13BrClIN2O2/c1-20-5-4-18-12(10(15)7-17-18)13(19)9-6-8(14)2-3-11(9)16/h2-3,6-7,13,19H,4-5H2,1H3. The molecule has 1 N–H and O–H groups in total. The zero-order valence-electron chi connectivity index (χ0n) is 10.7. The maximum atomic E-state index is 10.6. The Kier molecular flexibility index (Phi) is 5.85. The van der Waals surface area contributed by atoms with E-state index in [4.69, 9.17) is 16.3 Å². The number of halogens is 3. The van der Waals surface area contributed by atoms with E-state index in [0.717, 1.165) is 13.6 Å². The van der Waals surface area contributed by atoms with E-state index in [-0.39, 0.29) is 0 Å². The van der Waals surface area contributed by atoms with Crippen molar-refractivity contribution < 1.29 is 9.84 Å². The van der Waals surface area contributed by atoms with E-state index in [2.05, 4.69) is 43.6 Å². The lowest BCUT2D eigenvalue weighted by Crippen LogP contribution is -2.14. The maximum Gasteiger partial charge on any atom is 0.123 e. The molecule has 0 fully saturated rings. The third-order valence-corrected chi connectivity index (χ3v) is 4.62. The minimum absolute atomic E-state index is 0.448. The first-order valence-electron chi connectivity index (χ1n) is 5.87. The lowest BCUT2D eigenvalue weighted by Gasteiger charge is -2.16. The van der Waals surface area contributed by atoms with Crippen LogP contribution in [0.5, 0.6) is 0 Å². The number of ether oxygens (including phenoxy) is 1. The summed E-state index contributed by atoms with van der Waals surface area (Å²) in [5.74, 6) is 0. The normalized spacial score (nSPS) is 12.7. The quantitative estimate of drug-likeness (QED) is 0.678. The van der Waals surface area contributed by atoms with Crippen LogP contribution in [0.2, 0.25) is 5.02 Å². The molecule has 0 aliphatic heterocycles. The summed E-state index contributed by atoms with van der Waals surface area (Å²) in [6.07, 6.45) is 0.715. The predicted octanol–water partition coefficient (Wildman–Crippen LogP) is 3.63. The van der Waals surface area contributed by atoms with Crippen molar-refractivity contribution in [3.05, 3.63) is 48.7 Å². The van der Waals surface area contributed by atoms with Gasteiger partial charge in [0.15, 0.2) is 0 Å². The van der Waals surface area contributed by atoms with Crippen LogP contribution in [0.25, 0.3) is 0 Å². The molecule has 0 aliphatic carbocycles. The third kappa shape index (κ3) is 3.54. The Balaban J connectivity index is 2.39. The molecule has 0 radical (unpaired) electrons. The molecule has 1 atom stereocenters. The number of hydrogen-bond acceptors (Lipinski definition) is 3. The number of rotatable bonds is 5. The zero-order chi connectivity index (χ0) is 14.7. The molecule has 1 heterocycles. The average molecular weight is 472 g/mol. The summed E-state index contributed by atoms with van der Waals surface area (Å²) in [5, 5.41) is 15.3. The van der Waals surface area contributed by atoms with Gasteiger partial charge in [-0.2, -0.15) is 5.10 Å². The number of methoxy groups -OCH3 is 1. The highest BCUT2D eigenvalue weighted by Crippen LogP contribution is 2.32. The molecule has 0 saturated carbocycles. The molecule has 7 heteroatoms. The number of hydrogen-bond donors (Lipinski definition) is 1. The minimum Gasteiger partial charge on any atom is -0.383 e. The Labute approximate surface area is 144 Å². The molecule has 2 rings (SSSR count). The number of aliphatic hydroxyl groups excluding tert-OH is 1. The Bertz CT molecular complexity index is 606. The van der Waals surface area contributed by atoms with E-state index in [1.165, 1.54) is 0 Å². The Morgan fingerprint density at radius 3 is 3.00 bits per heavy atom. The van der Waals surface area contributed by atoms with Gasteiger partial charge in [-0.1, -0.05) is 27.5 Å². The number of benzene rings is 1. The number of nitrogens with zero attached hydrogens (tertiary/aromatic N) is 2. The molecule has 1 unspecified atom stereocenters. The molecule has 4 nitrogen and oxygen atoms in total. The predicted molar refractivity (Wildman–Crippen MR) is 90.0 cm³/mol. The first-order valence-corrected chi connectivity index (χ1v) is 8.12. The molecular weight excluding hydrogens is 458 g/mol. The molecule has 0 spiro atoms. The van der Waals surface area contributed by atoms with Gasteiger partial charge in [-0.3, -0.25) is 4.68 Å². The second-order valence-electron chi connectivity index (χ2n) is 4.16. The Morgan fingerprint density at radius 2 is 2.30 bits per heavy atom. The van der Waals surface area contributed by atoms with Gasteiger partial charge in [-0.25, -0.2) is 0 Å². The van der Waals surface area contributed by atoms with Crippen LogP contribution < -0.4 is 0 Å². The summed E-state index contributed by atoms with van der Waals surface area (Å²) in [7, 11) is 1.62. The van der Waals surface area contributed by atoms with Crippen LogP contribution in [0.1, 0.15) is 17.4 Å². The summed E-state index contributed by atoms with van der Waals surface area (Å²) in [4.78, 5) is 0. The first kappa shape index (κ1) is 16.2. The minimum atomic E-state index is -0.828. The van der Waals surface area contributed by atoms with E-state index in [1.54, 1.807) is 18.0 Å². The molecular formula is C13H13BrClIN2O2. The lowest BCUT2D eigenvalue weighted by molar-refractivity contribution is 0.171. The summed E-state index contributed by atoms with van der Waals surface area (Å²) >= 11 is 11.8. The van der Waals surface area contributed by atoms with Crippen LogP contribution in [-0.4, -0.2) is 28.6 Å². The van der Waals surface area contributed by atoms with E-state index < -0.39 is 6.10 Å². The highest BCUT2D eigenvalue weighted by molar-refractivity contribution is 14.1. The van der Waals surface area contributed by atoms with Gasteiger partial charge in [-0.05, 0) is 40.8 Å². The molecule has 0 bridgehead atoms. The van der Waals surface area contributed by atoms with E-state index >= 15 is 0 Å². The van der Waals surface area contributed by atoms with Crippen molar-refractivity contribution in [3.63, 3.8) is 0 Å². The number of aliphatic hydroxyl groups is 1. The second-order valence-corrected chi connectivity index (χ2v) is 6.65. The molecule has 0 aliphatic rings. The average Bonchev–Trinajstić information content (AvgIpc) is 2.79. The summed E-state index contributed by atoms with van der Waals surface area (Å²) in [6.45, 7) is 1.05. The topological polar surface area (TPSA) is 47.3 Å². The lowest BCUT2D eigenvalue weighted by atomic mass is 10.1. The van der Waals surface area contributed by atoms with E-state index in [1.807, 2.05) is 18.2 Å². The van der Waals surface area contributed by atoms with Crippen molar-refractivity contribution in [3.8, 4) is 0 Å². The fourth-order valence-corrected chi connectivity index (χ4v) is 3.12. The molecule has 0 amide bonds. The van der Waals surface area contributed by atoms with Crippen molar-refractivity contribution >= 4 is 50.1 Å². The number of aromatic nitrogens is 2. The summed E-state index contributed by atoms with van der Waals surface area (Å²) < 4.78 is 8.59. The molecule has 1 aromatic carbocycles. The van der Waals surface area contributed by atoms with Gasteiger partial charge in [0.25, 0.3) is 0 Å². The molecule has 20 heavy (non-hydrogen) atoms. The third-order valence-electron chi connectivity index (χ3n) is 2.85. The Morgan fingerprint density at radius 1 is 1.55 bits per heavy atom. The van der Waals surface area contributed by atoms with Crippen molar-refractivity contribution in [1.29, 1.82) is 0 Å². The fourth-order valence-electron chi connectivity index (χ4n) is 1.87. The van der Waals surface area contributed by atoms with Crippen LogP contribution in [0.3, 0.4) is 0 Å². The van der Waals surface area contributed by atoms with Gasteiger partial charge in [0.05, 0.1) is 30.1 Å². The van der Waals surface area contributed by atoms with Crippen molar-refractivity contribution in [2.45, 2.75) is 12.6 Å². The first-order chi connectivity index (χ1) is 9.54. The second kappa shape index (κ2) is 7.22. The van der Waals surface area contributed by atoms with Gasteiger partial charge in [0.2, 0.25) is 0 Å². The van der Waals surface area contributed by atoms with Gasteiger partial charge >= 0.3 is 0 Å². The SMILES string of the molecule is COCCn1ncc(Cl)c1C(O)c1cc(Br)ccc1I.